The van der Waals surface area contributed by atoms with Gasteiger partial charge in [-0.1, -0.05) is 24.3 Å². The van der Waals surface area contributed by atoms with E-state index in [2.05, 4.69) is 10.2 Å². The van der Waals surface area contributed by atoms with E-state index in [0.717, 1.165) is 0 Å². The Morgan fingerprint density at radius 1 is 0.682 bits per heavy atom. The lowest BCUT2D eigenvalue weighted by molar-refractivity contribution is -0.137. The zero-order chi connectivity index (χ0) is 15.9. The van der Waals surface area contributed by atoms with Gasteiger partial charge in [0.1, 0.15) is 0 Å². The summed E-state index contributed by atoms with van der Waals surface area (Å²) in [4.78, 5) is 21.2. The summed E-state index contributed by atoms with van der Waals surface area (Å²) in [5.41, 5.74) is 2.63. The molecule has 0 amide bonds. The standard InChI is InChI=1S/C16H14N2O4/c19-15(20)9-11-1-5-13(6-2-11)17-18-14-7-3-12(4-8-14)10-16(21)22/h1-8H,9-10H2,(H,19,20)(H,21,22)/b18-17+. The zero-order valence-corrected chi connectivity index (χ0v) is 11.6. The second-order valence-electron chi connectivity index (χ2n) is 4.67. The van der Waals surface area contributed by atoms with Crippen LogP contribution in [0.2, 0.25) is 0 Å². The molecule has 0 spiro atoms. The molecule has 0 aromatic heterocycles. The second-order valence-corrected chi connectivity index (χ2v) is 4.67. The van der Waals surface area contributed by atoms with Crippen LogP contribution >= 0.6 is 0 Å². The minimum atomic E-state index is -0.879. The average Bonchev–Trinajstić information content (AvgIpc) is 2.47. The van der Waals surface area contributed by atoms with Gasteiger partial charge < -0.3 is 10.2 Å². The summed E-state index contributed by atoms with van der Waals surface area (Å²) >= 11 is 0. The summed E-state index contributed by atoms with van der Waals surface area (Å²) in [6.45, 7) is 0. The van der Waals surface area contributed by atoms with Crippen molar-refractivity contribution in [2.24, 2.45) is 10.2 Å². The van der Waals surface area contributed by atoms with E-state index in [-0.39, 0.29) is 12.8 Å². The fraction of sp³-hybridized carbons (Fsp3) is 0.125. The number of carbonyl (C=O) groups is 2. The number of carboxylic acids is 2. The highest BCUT2D eigenvalue weighted by Gasteiger charge is 2.01. The maximum atomic E-state index is 10.6. The van der Waals surface area contributed by atoms with Gasteiger partial charge in [0.25, 0.3) is 0 Å². The first-order valence-corrected chi connectivity index (χ1v) is 6.56. The number of benzene rings is 2. The zero-order valence-electron chi connectivity index (χ0n) is 11.6. The summed E-state index contributed by atoms with van der Waals surface area (Å²) in [6.07, 6.45) is -0.0507. The lowest BCUT2D eigenvalue weighted by Crippen LogP contribution is -1.99. The van der Waals surface area contributed by atoms with Gasteiger partial charge in [0.05, 0.1) is 24.2 Å². The molecule has 0 saturated heterocycles. The molecule has 6 nitrogen and oxygen atoms in total. The van der Waals surface area contributed by atoms with Crippen molar-refractivity contribution in [3.8, 4) is 0 Å². The van der Waals surface area contributed by atoms with Crippen LogP contribution in [0.15, 0.2) is 58.8 Å². The van der Waals surface area contributed by atoms with Gasteiger partial charge in [0.2, 0.25) is 0 Å². The van der Waals surface area contributed by atoms with Crippen LogP contribution in [0.1, 0.15) is 11.1 Å². The Labute approximate surface area is 126 Å². The minimum Gasteiger partial charge on any atom is -0.481 e. The van der Waals surface area contributed by atoms with Crippen molar-refractivity contribution in [3.63, 3.8) is 0 Å². The predicted molar refractivity (Wildman–Crippen MR) is 79.7 cm³/mol. The van der Waals surface area contributed by atoms with E-state index in [4.69, 9.17) is 10.2 Å². The topological polar surface area (TPSA) is 99.3 Å². The minimum absolute atomic E-state index is 0.0253. The quantitative estimate of drug-likeness (QED) is 0.799. The van der Waals surface area contributed by atoms with Gasteiger partial charge in [0.15, 0.2) is 0 Å². The Morgan fingerprint density at radius 3 is 1.27 bits per heavy atom. The molecule has 2 aromatic rings. The normalized spacial score (nSPS) is 10.7. The Hall–Kier alpha value is -3.02. The van der Waals surface area contributed by atoms with Crippen molar-refractivity contribution in [1.29, 1.82) is 0 Å². The summed E-state index contributed by atoms with van der Waals surface area (Å²) in [7, 11) is 0. The fourth-order valence-electron chi connectivity index (χ4n) is 1.83. The lowest BCUT2D eigenvalue weighted by Gasteiger charge is -1.98. The van der Waals surface area contributed by atoms with Crippen LogP contribution in [0.3, 0.4) is 0 Å². The van der Waals surface area contributed by atoms with Gasteiger partial charge in [0, 0.05) is 0 Å². The molecule has 6 heteroatoms. The molecule has 0 bridgehead atoms. The van der Waals surface area contributed by atoms with E-state index in [1.54, 1.807) is 48.5 Å². The predicted octanol–water partition coefficient (Wildman–Crippen LogP) is 3.36. The second kappa shape index (κ2) is 7.12. The molecule has 0 saturated carbocycles. The van der Waals surface area contributed by atoms with Crippen LogP contribution in [-0.2, 0) is 22.4 Å². The van der Waals surface area contributed by atoms with E-state index in [0.29, 0.717) is 22.5 Å². The van der Waals surface area contributed by atoms with Crippen molar-refractivity contribution >= 4 is 23.3 Å². The van der Waals surface area contributed by atoms with Crippen LogP contribution in [-0.4, -0.2) is 22.2 Å². The molecule has 2 N–H and O–H groups in total. The fourth-order valence-corrected chi connectivity index (χ4v) is 1.83. The van der Waals surface area contributed by atoms with E-state index < -0.39 is 11.9 Å². The number of hydrogen-bond donors (Lipinski definition) is 2. The van der Waals surface area contributed by atoms with Crippen molar-refractivity contribution in [2.75, 3.05) is 0 Å². The van der Waals surface area contributed by atoms with Crippen LogP contribution < -0.4 is 0 Å². The molecule has 2 aromatic carbocycles. The highest BCUT2D eigenvalue weighted by atomic mass is 16.4. The van der Waals surface area contributed by atoms with Crippen molar-refractivity contribution in [1.82, 2.24) is 0 Å². The Balaban J connectivity index is 2.01. The molecule has 0 aliphatic carbocycles. The number of nitrogens with zero attached hydrogens (tertiary/aromatic N) is 2. The summed E-state index contributed by atoms with van der Waals surface area (Å²) in [6, 6.07) is 13.6. The molecule has 0 unspecified atom stereocenters. The number of azo groups is 1. The SMILES string of the molecule is O=C(O)Cc1ccc(/N=N/c2ccc(CC(=O)O)cc2)cc1. The van der Waals surface area contributed by atoms with Crippen molar-refractivity contribution in [2.45, 2.75) is 12.8 Å². The largest absolute Gasteiger partial charge is 0.481 e. The average molecular weight is 298 g/mol. The molecular weight excluding hydrogens is 284 g/mol. The monoisotopic (exact) mass is 298 g/mol. The molecule has 0 heterocycles. The molecule has 0 aliphatic heterocycles. The molecule has 0 fully saturated rings. The van der Waals surface area contributed by atoms with Crippen molar-refractivity contribution in [3.05, 3.63) is 59.7 Å². The molecular formula is C16H14N2O4. The summed E-state index contributed by atoms with van der Waals surface area (Å²) in [5, 5.41) is 25.5. The van der Waals surface area contributed by atoms with Crippen LogP contribution in [0, 0.1) is 0 Å². The van der Waals surface area contributed by atoms with Gasteiger partial charge in [-0.2, -0.15) is 10.2 Å². The molecule has 2 rings (SSSR count). The molecule has 22 heavy (non-hydrogen) atoms. The van der Waals surface area contributed by atoms with Gasteiger partial charge in [-0.05, 0) is 35.4 Å². The molecule has 0 radical (unpaired) electrons. The van der Waals surface area contributed by atoms with Crippen molar-refractivity contribution < 1.29 is 19.8 Å². The summed E-state index contributed by atoms with van der Waals surface area (Å²) < 4.78 is 0. The van der Waals surface area contributed by atoms with Crippen LogP contribution in [0.25, 0.3) is 0 Å². The number of carboxylic acid groups (broad SMARTS) is 2. The number of aliphatic carboxylic acids is 2. The van der Waals surface area contributed by atoms with Gasteiger partial charge in [-0.25, -0.2) is 0 Å². The Kier molecular flexibility index (Phi) is 4.98. The third-order valence-electron chi connectivity index (χ3n) is 2.86. The Bertz CT molecular complexity index is 630. The highest BCUT2D eigenvalue weighted by Crippen LogP contribution is 2.19. The van der Waals surface area contributed by atoms with Gasteiger partial charge >= 0.3 is 11.9 Å². The third-order valence-corrected chi connectivity index (χ3v) is 2.86. The van der Waals surface area contributed by atoms with E-state index in [1.807, 2.05) is 0 Å². The highest BCUT2D eigenvalue weighted by molar-refractivity contribution is 5.70. The maximum absolute atomic E-state index is 10.6. The molecule has 0 aliphatic rings. The lowest BCUT2D eigenvalue weighted by atomic mass is 10.1. The van der Waals surface area contributed by atoms with Crippen LogP contribution in [0.5, 0.6) is 0 Å². The van der Waals surface area contributed by atoms with Gasteiger partial charge in [-0.15, -0.1) is 0 Å². The van der Waals surface area contributed by atoms with E-state index in [9.17, 15) is 9.59 Å². The van der Waals surface area contributed by atoms with Gasteiger partial charge in [-0.3, -0.25) is 9.59 Å². The maximum Gasteiger partial charge on any atom is 0.307 e. The third kappa shape index (κ3) is 4.82. The number of rotatable bonds is 6. The van der Waals surface area contributed by atoms with E-state index >= 15 is 0 Å². The number of hydrogen-bond acceptors (Lipinski definition) is 4. The first-order chi connectivity index (χ1) is 10.5. The smallest absolute Gasteiger partial charge is 0.307 e. The van der Waals surface area contributed by atoms with E-state index in [1.165, 1.54) is 0 Å². The molecule has 0 atom stereocenters. The molecule has 112 valence electrons. The summed E-state index contributed by atoms with van der Waals surface area (Å²) in [5.74, 6) is -1.76. The first-order valence-electron chi connectivity index (χ1n) is 6.56. The Morgan fingerprint density at radius 2 is 1.00 bits per heavy atom. The van der Waals surface area contributed by atoms with Crippen LogP contribution in [0.4, 0.5) is 11.4 Å². The first kappa shape index (κ1) is 15.4.